The standard InChI is InChI=1S/C12H18N2O4S/c1-9-6-12(13-18-9)8-19(16,17)14-5-3-4-11(7-14)10(2)15/h6,11H,3-5,7-8H2,1-2H3. The van der Waals surface area contributed by atoms with E-state index in [1.165, 1.54) is 11.2 Å². The highest BCUT2D eigenvalue weighted by Crippen LogP contribution is 2.21. The fourth-order valence-corrected chi connectivity index (χ4v) is 3.80. The molecule has 19 heavy (non-hydrogen) atoms. The van der Waals surface area contributed by atoms with Crippen LogP contribution < -0.4 is 0 Å². The van der Waals surface area contributed by atoms with Crippen LogP contribution in [-0.4, -0.2) is 36.8 Å². The smallest absolute Gasteiger partial charge is 0.219 e. The molecule has 106 valence electrons. The highest BCUT2D eigenvalue weighted by molar-refractivity contribution is 7.88. The van der Waals surface area contributed by atoms with Crippen LogP contribution in [0.2, 0.25) is 0 Å². The van der Waals surface area contributed by atoms with Crippen LogP contribution in [0, 0.1) is 12.8 Å². The molecule has 1 atom stereocenters. The van der Waals surface area contributed by atoms with Gasteiger partial charge in [-0.3, -0.25) is 4.79 Å². The normalized spacial score (nSPS) is 21.5. The Balaban J connectivity index is 2.08. The van der Waals surface area contributed by atoms with E-state index in [0.717, 1.165) is 12.8 Å². The van der Waals surface area contributed by atoms with E-state index in [0.29, 0.717) is 18.0 Å². The Morgan fingerprint density at radius 3 is 2.89 bits per heavy atom. The summed E-state index contributed by atoms with van der Waals surface area (Å²) in [5.74, 6) is 0.291. The van der Waals surface area contributed by atoms with Crippen molar-refractivity contribution in [3.05, 3.63) is 17.5 Å². The van der Waals surface area contributed by atoms with E-state index in [2.05, 4.69) is 5.16 Å². The zero-order chi connectivity index (χ0) is 14.0. The van der Waals surface area contributed by atoms with Crippen LogP contribution in [0.25, 0.3) is 0 Å². The van der Waals surface area contributed by atoms with Crippen LogP contribution in [-0.2, 0) is 20.6 Å². The first-order chi connectivity index (χ1) is 8.88. The van der Waals surface area contributed by atoms with Gasteiger partial charge in [0.2, 0.25) is 10.0 Å². The van der Waals surface area contributed by atoms with E-state index in [-0.39, 0.29) is 24.0 Å². The molecule has 0 aromatic carbocycles. The Bertz CT molecular complexity index is 564. The molecule has 1 aromatic rings. The molecule has 1 aliphatic heterocycles. The molecule has 0 amide bonds. The van der Waals surface area contributed by atoms with Crippen molar-refractivity contribution in [3.8, 4) is 0 Å². The van der Waals surface area contributed by atoms with Gasteiger partial charge in [0.25, 0.3) is 0 Å². The second-order valence-corrected chi connectivity index (χ2v) is 6.96. The summed E-state index contributed by atoms with van der Waals surface area (Å²) in [5.41, 5.74) is 0.405. The maximum absolute atomic E-state index is 12.3. The Hall–Kier alpha value is -1.21. The van der Waals surface area contributed by atoms with Crippen LogP contribution >= 0.6 is 0 Å². The predicted octanol–water partition coefficient (Wildman–Crippen LogP) is 1.11. The number of sulfonamides is 1. The lowest BCUT2D eigenvalue weighted by Crippen LogP contribution is -2.42. The lowest BCUT2D eigenvalue weighted by molar-refractivity contribution is -0.121. The molecule has 0 bridgehead atoms. The third-order valence-electron chi connectivity index (χ3n) is 3.36. The molecule has 0 N–H and O–H groups in total. The number of rotatable bonds is 4. The second kappa shape index (κ2) is 5.42. The van der Waals surface area contributed by atoms with E-state index in [1.54, 1.807) is 13.0 Å². The molecule has 1 aromatic heterocycles. The number of nitrogens with zero attached hydrogens (tertiary/aromatic N) is 2. The number of aromatic nitrogens is 1. The predicted molar refractivity (Wildman–Crippen MR) is 68.8 cm³/mol. The van der Waals surface area contributed by atoms with Gasteiger partial charge in [0.05, 0.1) is 0 Å². The maximum atomic E-state index is 12.3. The zero-order valence-electron chi connectivity index (χ0n) is 11.1. The lowest BCUT2D eigenvalue weighted by Gasteiger charge is -2.30. The van der Waals surface area contributed by atoms with Crippen molar-refractivity contribution in [1.82, 2.24) is 9.46 Å². The van der Waals surface area contributed by atoms with Gasteiger partial charge in [-0.1, -0.05) is 5.16 Å². The minimum atomic E-state index is -3.43. The van der Waals surface area contributed by atoms with Gasteiger partial charge in [-0.2, -0.15) is 0 Å². The number of hydrogen-bond acceptors (Lipinski definition) is 5. The number of hydrogen-bond donors (Lipinski definition) is 0. The van der Waals surface area contributed by atoms with Crippen molar-refractivity contribution in [2.75, 3.05) is 13.1 Å². The Morgan fingerprint density at radius 1 is 1.58 bits per heavy atom. The van der Waals surface area contributed by atoms with Gasteiger partial charge in [0, 0.05) is 25.1 Å². The Kier molecular flexibility index (Phi) is 4.05. The highest BCUT2D eigenvalue weighted by Gasteiger charge is 2.31. The molecule has 1 aliphatic rings. The number of carbonyl (C=O) groups is 1. The fraction of sp³-hybridized carbons (Fsp3) is 0.667. The maximum Gasteiger partial charge on any atom is 0.219 e. The zero-order valence-corrected chi connectivity index (χ0v) is 11.9. The lowest BCUT2D eigenvalue weighted by atomic mass is 9.96. The van der Waals surface area contributed by atoms with Gasteiger partial charge in [0.15, 0.2) is 0 Å². The van der Waals surface area contributed by atoms with Crippen molar-refractivity contribution in [2.24, 2.45) is 5.92 Å². The minimum absolute atomic E-state index is 0.0529. The molecule has 1 unspecified atom stereocenters. The molecular formula is C12H18N2O4S. The van der Waals surface area contributed by atoms with Crippen molar-refractivity contribution < 1.29 is 17.7 Å². The van der Waals surface area contributed by atoms with Gasteiger partial charge in [-0.05, 0) is 26.7 Å². The summed E-state index contributed by atoms with van der Waals surface area (Å²) in [6, 6.07) is 1.62. The first-order valence-electron chi connectivity index (χ1n) is 6.29. The van der Waals surface area contributed by atoms with E-state index < -0.39 is 10.0 Å². The quantitative estimate of drug-likeness (QED) is 0.828. The number of aryl methyl sites for hydroxylation is 1. The third kappa shape index (κ3) is 3.42. The van der Waals surface area contributed by atoms with Crippen LogP contribution in [0.4, 0.5) is 0 Å². The third-order valence-corrected chi connectivity index (χ3v) is 5.14. The second-order valence-electron chi connectivity index (χ2n) is 4.99. The van der Waals surface area contributed by atoms with Gasteiger partial charge in [-0.15, -0.1) is 0 Å². The summed E-state index contributed by atoms with van der Waals surface area (Å²) in [4.78, 5) is 11.4. The summed E-state index contributed by atoms with van der Waals surface area (Å²) in [6.45, 7) is 4.00. The summed E-state index contributed by atoms with van der Waals surface area (Å²) in [5, 5.41) is 3.70. The number of piperidine rings is 1. The van der Waals surface area contributed by atoms with Crippen LogP contribution in [0.15, 0.2) is 10.6 Å². The van der Waals surface area contributed by atoms with E-state index in [9.17, 15) is 13.2 Å². The van der Waals surface area contributed by atoms with E-state index in [1.807, 2.05) is 0 Å². The van der Waals surface area contributed by atoms with Gasteiger partial charge in [0.1, 0.15) is 23.0 Å². The summed E-state index contributed by atoms with van der Waals surface area (Å²) < 4.78 is 30.8. The van der Waals surface area contributed by atoms with E-state index >= 15 is 0 Å². The minimum Gasteiger partial charge on any atom is -0.361 e. The highest BCUT2D eigenvalue weighted by atomic mass is 32.2. The average molecular weight is 286 g/mol. The molecule has 0 saturated carbocycles. The first-order valence-corrected chi connectivity index (χ1v) is 7.90. The SMILES string of the molecule is CC(=O)C1CCCN(S(=O)(=O)Cc2cc(C)on2)C1. The fourth-order valence-electron chi connectivity index (χ4n) is 2.29. The molecule has 1 fully saturated rings. The number of carbonyl (C=O) groups excluding carboxylic acids is 1. The molecule has 0 aliphatic carbocycles. The van der Waals surface area contributed by atoms with Gasteiger partial charge >= 0.3 is 0 Å². The number of Topliss-reactive ketones (excluding diaryl/α,β-unsaturated/α-hetero) is 1. The Labute approximate surface area is 112 Å². The molecule has 2 rings (SSSR count). The monoisotopic (exact) mass is 286 g/mol. The van der Waals surface area contributed by atoms with Gasteiger partial charge < -0.3 is 4.52 Å². The molecule has 2 heterocycles. The summed E-state index contributed by atoms with van der Waals surface area (Å²) >= 11 is 0. The van der Waals surface area contributed by atoms with Crippen molar-refractivity contribution in [1.29, 1.82) is 0 Å². The Morgan fingerprint density at radius 2 is 2.32 bits per heavy atom. The molecule has 7 heteroatoms. The largest absolute Gasteiger partial charge is 0.361 e. The van der Waals surface area contributed by atoms with E-state index in [4.69, 9.17) is 4.52 Å². The molecule has 0 radical (unpaired) electrons. The average Bonchev–Trinajstić information content (AvgIpc) is 2.74. The van der Waals surface area contributed by atoms with Crippen LogP contribution in [0.5, 0.6) is 0 Å². The summed E-state index contributed by atoms with van der Waals surface area (Å²) in [6.07, 6.45) is 1.49. The summed E-state index contributed by atoms with van der Waals surface area (Å²) in [7, 11) is -3.43. The molecule has 1 saturated heterocycles. The number of ketones is 1. The molecular weight excluding hydrogens is 268 g/mol. The molecule has 6 nitrogen and oxygen atoms in total. The first kappa shape index (κ1) is 14.2. The van der Waals surface area contributed by atoms with Crippen molar-refractivity contribution >= 4 is 15.8 Å². The van der Waals surface area contributed by atoms with Crippen molar-refractivity contribution in [3.63, 3.8) is 0 Å². The van der Waals surface area contributed by atoms with Crippen LogP contribution in [0.3, 0.4) is 0 Å². The topological polar surface area (TPSA) is 80.5 Å². The molecule has 0 spiro atoms. The van der Waals surface area contributed by atoms with Crippen molar-refractivity contribution in [2.45, 2.75) is 32.4 Å². The van der Waals surface area contributed by atoms with Crippen LogP contribution in [0.1, 0.15) is 31.2 Å². The van der Waals surface area contributed by atoms with Gasteiger partial charge in [-0.25, -0.2) is 12.7 Å².